The molecule has 0 heterocycles. The van der Waals surface area contributed by atoms with Gasteiger partial charge in [-0.3, -0.25) is 19.2 Å². The van der Waals surface area contributed by atoms with Crippen molar-refractivity contribution in [3.8, 4) is 0 Å². The molecule has 0 fully saturated rings. The van der Waals surface area contributed by atoms with Crippen molar-refractivity contribution < 1.29 is 29.1 Å². The van der Waals surface area contributed by atoms with E-state index in [1.807, 2.05) is 20.8 Å². The van der Waals surface area contributed by atoms with Crippen LogP contribution < -0.4 is 27.4 Å². The fourth-order valence-corrected chi connectivity index (χ4v) is 3.16. The molecular weight excluding hydrogens is 430 g/mol. The van der Waals surface area contributed by atoms with Gasteiger partial charge in [-0.1, -0.05) is 48.0 Å². The first-order valence-corrected chi connectivity index (χ1v) is 11.4. The van der Waals surface area contributed by atoms with E-state index in [4.69, 9.17) is 11.5 Å². The second-order valence-electron chi connectivity index (χ2n) is 9.24. The molecule has 11 heteroatoms. The van der Waals surface area contributed by atoms with Gasteiger partial charge in [-0.15, -0.1) is 0 Å². The fraction of sp³-hybridized carbons (Fsp3) is 0.773. The Bertz CT molecular complexity index is 697. The molecule has 0 aromatic rings. The first kappa shape index (κ1) is 30.3. The highest BCUT2D eigenvalue weighted by atomic mass is 16.4. The maximum atomic E-state index is 13.0. The number of carboxylic acid groups (broad SMARTS) is 1. The van der Waals surface area contributed by atoms with Crippen LogP contribution in [0.4, 0.5) is 0 Å². The van der Waals surface area contributed by atoms with Crippen LogP contribution in [0.15, 0.2) is 0 Å². The average Bonchev–Trinajstić information content (AvgIpc) is 2.70. The second kappa shape index (κ2) is 14.5. The number of aliphatic carboxylic acids is 1. The molecule has 0 bridgehead atoms. The number of hydrogen-bond donors (Lipinski definition) is 6. The lowest BCUT2D eigenvalue weighted by molar-refractivity contribution is -0.143. The minimum Gasteiger partial charge on any atom is -0.480 e. The number of nitrogens with one attached hydrogen (secondary N) is 3. The molecule has 0 aliphatic rings. The van der Waals surface area contributed by atoms with Crippen LogP contribution in [0.3, 0.4) is 0 Å². The van der Waals surface area contributed by atoms with Crippen molar-refractivity contribution in [1.82, 2.24) is 16.0 Å². The van der Waals surface area contributed by atoms with E-state index in [9.17, 15) is 29.1 Å². The Labute approximate surface area is 195 Å². The summed E-state index contributed by atoms with van der Waals surface area (Å²) < 4.78 is 0. The van der Waals surface area contributed by atoms with Gasteiger partial charge in [-0.2, -0.15) is 0 Å². The number of hydrogen-bond acceptors (Lipinski definition) is 6. The molecule has 0 rings (SSSR count). The number of primary amides is 1. The molecule has 0 aromatic carbocycles. The normalized spacial score (nSPS) is 15.8. The van der Waals surface area contributed by atoms with Crippen LogP contribution in [-0.2, 0) is 24.0 Å². The summed E-state index contributed by atoms with van der Waals surface area (Å²) in [7, 11) is 0. The average molecular weight is 472 g/mol. The van der Waals surface area contributed by atoms with E-state index in [2.05, 4.69) is 16.0 Å². The molecule has 0 saturated heterocycles. The SMILES string of the molecule is CCC(C)C(NC(=O)C(NC(=O)C(N)CC(C)C)C(C)C)C(=O)NC(CCC(N)=O)C(=O)O. The summed E-state index contributed by atoms with van der Waals surface area (Å²) in [5.74, 6) is -4.14. The molecule has 0 saturated carbocycles. The monoisotopic (exact) mass is 471 g/mol. The van der Waals surface area contributed by atoms with Crippen LogP contribution in [0.5, 0.6) is 0 Å². The van der Waals surface area contributed by atoms with E-state index < -0.39 is 53.8 Å². The first-order chi connectivity index (χ1) is 15.2. The van der Waals surface area contributed by atoms with Gasteiger partial charge in [0, 0.05) is 6.42 Å². The molecular formula is C22H41N5O6. The van der Waals surface area contributed by atoms with E-state index in [0.29, 0.717) is 12.8 Å². The number of nitrogens with two attached hydrogens (primary N) is 2. The summed E-state index contributed by atoms with van der Waals surface area (Å²) >= 11 is 0. The highest BCUT2D eigenvalue weighted by Gasteiger charge is 2.33. The minimum absolute atomic E-state index is 0.171. The zero-order valence-corrected chi connectivity index (χ0v) is 20.5. The zero-order valence-electron chi connectivity index (χ0n) is 20.5. The van der Waals surface area contributed by atoms with Crippen molar-refractivity contribution in [2.24, 2.45) is 29.2 Å². The summed E-state index contributed by atoms with van der Waals surface area (Å²) in [5.41, 5.74) is 11.0. The van der Waals surface area contributed by atoms with E-state index in [1.54, 1.807) is 20.8 Å². The zero-order chi connectivity index (χ0) is 25.9. The molecule has 4 amide bonds. The van der Waals surface area contributed by atoms with Crippen LogP contribution in [0.25, 0.3) is 0 Å². The van der Waals surface area contributed by atoms with Crippen molar-refractivity contribution >= 4 is 29.6 Å². The van der Waals surface area contributed by atoms with Crippen molar-refractivity contribution in [1.29, 1.82) is 0 Å². The van der Waals surface area contributed by atoms with Gasteiger partial charge < -0.3 is 32.5 Å². The van der Waals surface area contributed by atoms with Gasteiger partial charge >= 0.3 is 5.97 Å². The van der Waals surface area contributed by atoms with Gasteiger partial charge in [0.15, 0.2) is 0 Å². The molecule has 0 aliphatic carbocycles. The smallest absolute Gasteiger partial charge is 0.326 e. The summed E-state index contributed by atoms with van der Waals surface area (Å²) in [4.78, 5) is 60.8. The Morgan fingerprint density at radius 3 is 1.79 bits per heavy atom. The maximum Gasteiger partial charge on any atom is 0.326 e. The summed E-state index contributed by atoms with van der Waals surface area (Å²) in [6.07, 6.45) is 0.596. The number of carbonyl (C=O) groups excluding carboxylic acids is 4. The number of rotatable bonds is 15. The minimum atomic E-state index is -1.33. The molecule has 5 atom stereocenters. The van der Waals surface area contributed by atoms with Crippen LogP contribution in [0.2, 0.25) is 0 Å². The Morgan fingerprint density at radius 1 is 0.848 bits per heavy atom. The van der Waals surface area contributed by atoms with Crippen molar-refractivity contribution in [2.75, 3.05) is 0 Å². The van der Waals surface area contributed by atoms with E-state index in [1.165, 1.54) is 0 Å². The maximum absolute atomic E-state index is 13.0. The van der Waals surface area contributed by atoms with E-state index in [-0.39, 0.29) is 30.6 Å². The fourth-order valence-electron chi connectivity index (χ4n) is 3.16. The van der Waals surface area contributed by atoms with Gasteiger partial charge in [-0.25, -0.2) is 4.79 Å². The molecule has 0 spiro atoms. The molecule has 0 radical (unpaired) electrons. The van der Waals surface area contributed by atoms with Crippen LogP contribution in [0, 0.1) is 17.8 Å². The van der Waals surface area contributed by atoms with Gasteiger partial charge in [0.05, 0.1) is 6.04 Å². The van der Waals surface area contributed by atoms with Gasteiger partial charge in [0.2, 0.25) is 23.6 Å². The molecule has 0 aliphatic heterocycles. The molecule has 11 nitrogen and oxygen atoms in total. The highest BCUT2D eigenvalue weighted by molar-refractivity contribution is 5.94. The van der Waals surface area contributed by atoms with Gasteiger partial charge in [-0.05, 0) is 30.6 Å². The lowest BCUT2D eigenvalue weighted by atomic mass is 9.95. The Kier molecular flexibility index (Phi) is 13.3. The lowest BCUT2D eigenvalue weighted by Crippen LogP contribution is -2.59. The largest absolute Gasteiger partial charge is 0.480 e. The van der Waals surface area contributed by atoms with Crippen LogP contribution in [-0.4, -0.2) is 58.9 Å². The number of carboxylic acids is 1. The summed E-state index contributed by atoms with van der Waals surface area (Å²) in [5, 5.41) is 17.0. The quantitative estimate of drug-likeness (QED) is 0.191. The third-order valence-electron chi connectivity index (χ3n) is 5.40. The second-order valence-corrected chi connectivity index (χ2v) is 9.24. The molecule has 33 heavy (non-hydrogen) atoms. The third kappa shape index (κ3) is 11.1. The topological polar surface area (TPSA) is 194 Å². The van der Waals surface area contributed by atoms with Crippen LogP contribution >= 0.6 is 0 Å². The first-order valence-electron chi connectivity index (χ1n) is 11.4. The molecule has 0 aromatic heterocycles. The standard InChI is InChI=1S/C22H41N5O6/c1-7-13(6)18(21(31)25-15(22(32)33)8-9-16(24)28)27-20(30)17(12(4)5)26-19(29)14(23)10-11(2)3/h11-15,17-18H,7-10,23H2,1-6H3,(H2,24,28)(H,25,31)(H,26,29)(H,27,30)(H,32,33). The lowest BCUT2D eigenvalue weighted by Gasteiger charge is -2.29. The summed E-state index contributed by atoms with van der Waals surface area (Å²) in [6, 6.07) is -4.07. The summed E-state index contributed by atoms with van der Waals surface area (Å²) in [6.45, 7) is 10.9. The Morgan fingerprint density at radius 2 is 1.36 bits per heavy atom. The molecule has 8 N–H and O–H groups in total. The molecule has 5 unspecified atom stereocenters. The number of carbonyl (C=O) groups is 5. The van der Waals surface area contributed by atoms with E-state index in [0.717, 1.165) is 0 Å². The predicted molar refractivity (Wildman–Crippen MR) is 124 cm³/mol. The van der Waals surface area contributed by atoms with Crippen molar-refractivity contribution in [3.05, 3.63) is 0 Å². The Balaban J connectivity index is 5.48. The van der Waals surface area contributed by atoms with Crippen LogP contribution in [0.1, 0.15) is 67.2 Å². The van der Waals surface area contributed by atoms with Gasteiger partial charge in [0.25, 0.3) is 0 Å². The Hall–Kier alpha value is -2.69. The highest BCUT2D eigenvalue weighted by Crippen LogP contribution is 2.12. The van der Waals surface area contributed by atoms with Crippen molar-refractivity contribution in [2.45, 2.75) is 91.4 Å². The third-order valence-corrected chi connectivity index (χ3v) is 5.40. The number of amides is 4. The van der Waals surface area contributed by atoms with Gasteiger partial charge in [0.1, 0.15) is 18.1 Å². The predicted octanol–water partition coefficient (Wildman–Crippen LogP) is -0.134. The van der Waals surface area contributed by atoms with E-state index >= 15 is 0 Å². The molecule has 190 valence electrons. The van der Waals surface area contributed by atoms with Crippen molar-refractivity contribution in [3.63, 3.8) is 0 Å².